The third-order valence-electron chi connectivity index (χ3n) is 4.31. The SMILES string of the molecule is CCOC(=O)[C@]1(N=C(c2ccccc2)c2ccccc2)C[C@H]1C. The standard InChI is InChI=1S/C20H21NO2/c1-3-23-19(22)20(14-15(20)2)21-18(16-10-6-4-7-11-16)17-12-8-5-9-13-17/h4-13,15H,3,14H2,1-2H3/t15-,20+/m1/s1. The fraction of sp³-hybridized carbons (Fsp3) is 0.300. The van der Waals surface area contributed by atoms with Gasteiger partial charge in [0, 0.05) is 11.1 Å². The van der Waals surface area contributed by atoms with E-state index < -0.39 is 5.54 Å². The summed E-state index contributed by atoms with van der Waals surface area (Å²) in [6, 6.07) is 20.0. The van der Waals surface area contributed by atoms with Crippen LogP contribution in [0.5, 0.6) is 0 Å². The third-order valence-corrected chi connectivity index (χ3v) is 4.31. The lowest BCUT2D eigenvalue weighted by Gasteiger charge is -2.15. The molecule has 1 fully saturated rings. The lowest BCUT2D eigenvalue weighted by molar-refractivity contribution is -0.146. The summed E-state index contributed by atoms with van der Waals surface area (Å²) >= 11 is 0. The average Bonchev–Trinajstić information content (AvgIpc) is 3.26. The molecule has 3 heteroatoms. The minimum Gasteiger partial charge on any atom is -0.464 e. The summed E-state index contributed by atoms with van der Waals surface area (Å²) in [5.41, 5.74) is 2.16. The molecule has 0 saturated heterocycles. The lowest BCUT2D eigenvalue weighted by atomic mass is 10.0. The summed E-state index contributed by atoms with van der Waals surface area (Å²) < 4.78 is 5.27. The molecule has 23 heavy (non-hydrogen) atoms. The largest absolute Gasteiger partial charge is 0.464 e. The molecule has 0 spiro atoms. The van der Waals surface area contributed by atoms with Crippen molar-refractivity contribution in [3.8, 4) is 0 Å². The van der Waals surface area contributed by atoms with Crippen LogP contribution >= 0.6 is 0 Å². The van der Waals surface area contributed by atoms with Crippen molar-refractivity contribution in [3.05, 3.63) is 71.8 Å². The fourth-order valence-corrected chi connectivity index (χ4v) is 2.84. The molecule has 118 valence electrons. The molecular formula is C20H21NO2. The van der Waals surface area contributed by atoms with Gasteiger partial charge in [-0.25, -0.2) is 4.79 Å². The Kier molecular flexibility index (Phi) is 4.28. The summed E-state index contributed by atoms with van der Waals surface area (Å²) in [4.78, 5) is 17.3. The Morgan fingerprint density at radius 3 is 1.96 bits per heavy atom. The molecule has 0 N–H and O–H groups in total. The van der Waals surface area contributed by atoms with Gasteiger partial charge in [-0.2, -0.15) is 0 Å². The number of hydrogen-bond acceptors (Lipinski definition) is 3. The normalized spacial score (nSPS) is 22.3. The van der Waals surface area contributed by atoms with Crippen molar-refractivity contribution in [1.29, 1.82) is 0 Å². The maximum Gasteiger partial charge on any atom is 0.334 e. The van der Waals surface area contributed by atoms with E-state index in [2.05, 4.69) is 0 Å². The van der Waals surface area contributed by atoms with Gasteiger partial charge in [-0.1, -0.05) is 67.6 Å². The minimum absolute atomic E-state index is 0.211. The molecule has 3 rings (SSSR count). The van der Waals surface area contributed by atoms with E-state index in [1.807, 2.05) is 74.5 Å². The second-order valence-electron chi connectivity index (χ2n) is 5.94. The molecule has 0 unspecified atom stereocenters. The second-order valence-corrected chi connectivity index (χ2v) is 5.94. The van der Waals surface area contributed by atoms with Gasteiger partial charge in [-0.15, -0.1) is 0 Å². The van der Waals surface area contributed by atoms with Crippen molar-refractivity contribution < 1.29 is 9.53 Å². The zero-order chi connectivity index (χ0) is 16.3. The van der Waals surface area contributed by atoms with Gasteiger partial charge in [-0.05, 0) is 19.3 Å². The average molecular weight is 307 g/mol. The van der Waals surface area contributed by atoms with E-state index in [4.69, 9.17) is 9.73 Å². The molecule has 3 nitrogen and oxygen atoms in total. The van der Waals surface area contributed by atoms with Gasteiger partial charge in [0.15, 0.2) is 5.54 Å². The maximum absolute atomic E-state index is 12.4. The van der Waals surface area contributed by atoms with Crippen molar-refractivity contribution in [2.75, 3.05) is 6.61 Å². The molecule has 0 amide bonds. The van der Waals surface area contributed by atoms with E-state index in [0.717, 1.165) is 23.3 Å². The highest BCUT2D eigenvalue weighted by Crippen LogP contribution is 2.48. The predicted molar refractivity (Wildman–Crippen MR) is 91.7 cm³/mol. The van der Waals surface area contributed by atoms with E-state index in [9.17, 15) is 4.79 Å². The van der Waals surface area contributed by atoms with Gasteiger partial charge in [0.05, 0.1) is 12.3 Å². The van der Waals surface area contributed by atoms with Gasteiger partial charge in [-0.3, -0.25) is 4.99 Å². The first-order chi connectivity index (χ1) is 11.2. The molecule has 1 aliphatic carbocycles. The van der Waals surface area contributed by atoms with E-state index in [0.29, 0.717) is 6.61 Å². The van der Waals surface area contributed by atoms with Crippen LogP contribution in [0.4, 0.5) is 0 Å². The lowest BCUT2D eigenvalue weighted by Crippen LogP contribution is -2.27. The van der Waals surface area contributed by atoms with Crippen LogP contribution in [0.15, 0.2) is 65.7 Å². The van der Waals surface area contributed by atoms with Crippen LogP contribution in [0.25, 0.3) is 0 Å². The smallest absolute Gasteiger partial charge is 0.334 e. The van der Waals surface area contributed by atoms with E-state index in [-0.39, 0.29) is 11.9 Å². The van der Waals surface area contributed by atoms with E-state index in [1.54, 1.807) is 0 Å². The Balaban J connectivity index is 2.07. The van der Waals surface area contributed by atoms with Crippen LogP contribution in [0.1, 0.15) is 31.4 Å². The van der Waals surface area contributed by atoms with Crippen molar-refractivity contribution >= 4 is 11.7 Å². The summed E-state index contributed by atoms with van der Waals surface area (Å²) in [7, 11) is 0. The molecular weight excluding hydrogens is 286 g/mol. The van der Waals surface area contributed by atoms with Crippen LogP contribution in [0.3, 0.4) is 0 Å². The summed E-state index contributed by atoms with van der Waals surface area (Å²) in [5.74, 6) is 0.000775. The molecule has 0 heterocycles. The zero-order valence-corrected chi connectivity index (χ0v) is 13.5. The number of hydrogen-bond donors (Lipinski definition) is 0. The first-order valence-corrected chi connectivity index (χ1v) is 8.05. The van der Waals surface area contributed by atoms with Gasteiger partial charge >= 0.3 is 5.97 Å². The van der Waals surface area contributed by atoms with Crippen molar-refractivity contribution in [3.63, 3.8) is 0 Å². The number of ether oxygens (including phenoxy) is 1. The Labute approximate surface area is 137 Å². The van der Waals surface area contributed by atoms with Crippen LogP contribution in [0.2, 0.25) is 0 Å². The molecule has 1 aliphatic rings. The highest BCUT2D eigenvalue weighted by Gasteiger charge is 2.59. The topological polar surface area (TPSA) is 38.7 Å². The molecule has 0 radical (unpaired) electrons. The van der Waals surface area contributed by atoms with Crippen LogP contribution in [-0.2, 0) is 9.53 Å². The Bertz CT molecular complexity index is 667. The van der Waals surface area contributed by atoms with Crippen LogP contribution in [0, 0.1) is 5.92 Å². The predicted octanol–water partition coefficient (Wildman–Crippen LogP) is 3.87. The second kappa shape index (κ2) is 6.37. The molecule has 0 aromatic heterocycles. The van der Waals surface area contributed by atoms with E-state index in [1.165, 1.54) is 0 Å². The Morgan fingerprint density at radius 2 is 1.57 bits per heavy atom. The molecule has 0 bridgehead atoms. The van der Waals surface area contributed by atoms with E-state index >= 15 is 0 Å². The highest BCUT2D eigenvalue weighted by atomic mass is 16.5. The molecule has 2 atom stereocenters. The van der Waals surface area contributed by atoms with Gasteiger partial charge < -0.3 is 4.74 Å². The summed E-state index contributed by atoms with van der Waals surface area (Å²) in [5, 5.41) is 0. The van der Waals surface area contributed by atoms with Gasteiger partial charge in [0.25, 0.3) is 0 Å². The first-order valence-electron chi connectivity index (χ1n) is 8.05. The zero-order valence-electron chi connectivity index (χ0n) is 13.5. The number of carbonyl (C=O) groups excluding carboxylic acids is 1. The molecule has 0 aliphatic heterocycles. The highest BCUT2D eigenvalue weighted by molar-refractivity contribution is 6.14. The summed E-state index contributed by atoms with van der Waals surface area (Å²) in [6.45, 7) is 4.26. The Morgan fingerprint density at radius 1 is 1.09 bits per heavy atom. The van der Waals surface area contributed by atoms with Gasteiger partial charge in [0.1, 0.15) is 0 Å². The number of rotatable bonds is 5. The fourth-order valence-electron chi connectivity index (χ4n) is 2.84. The summed E-state index contributed by atoms with van der Waals surface area (Å²) in [6.07, 6.45) is 0.745. The van der Waals surface area contributed by atoms with Crippen LogP contribution < -0.4 is 0 Å². The first kappa shape index (κ1) is 15.5. The quantitative estimate of drug-likeness (QED) is 0.621. The number of benzene rings is 2. The third kappa shape index (κ3) is 3.04. The van der Waals surface area contributed by atoms with Gasteiger partial charge in [0.2, 0.25) is 0 Å². The molecule has 2 aromatic carbocycles. The number of carbonyl (C=O) groups is 1. The number of esters is 1. The molecule has 1 saturated carbocycles. The monoisotopic (exact) mass is 307 g/mol. The van der Waals surface area contributed by atoms with Crippen molar-refractivity contribution in [1.82, 2.24) is 0 Å². The van der Waals surface area contributed by atoms with Crippen molar-refractivity contribution in [2.24, 2.45) is 10.9 Å². The molecule has 2 aromatic rings. The van der Waals surface area contributed by atoms with Crippen molar-refractivity contribution in [2.45, 2.75) is 25.8 Å². The van der Waals surface area contributed by atoms with Crippen LogP contribution in [-0.4, -0.2) is 23.8 Å². The number of nitrogens with zero attached hydrogens (tertiary/aromatic N) is 1. The Hall–Kier alpha value is -2.42. The number of aliphatic imine (C=N–C) groups is 1. The minimum atomic E-state index is -0.725. The maximum atomic E-state index is 12.4.